The molecule has 0 aromatic carbocycles. The van der Waals surface area contributed by atoms with E-state index in [1.165, 1.54) is 25.8 Å². The molecule has 96 valence electrons. The molecule has 2 heteroatoms. The van der Waals surface area contributed by atoms with Gasteiger partial charge >= 0.3 is 0 Å². The Balaban J connectivity index is 2.01. The Morgan fingerprint density at radius 2 is 2.06 bits per heavy atom. The minimum atomic E-state index is 0.719. The summed E-state index contributed by atoms with van der Waals surface area (Å²) in [5.41, 5.74) is 1.75. The SMILES string of the molecule is BC(C(C)C)N(CC(C)C)C1CC=C2CC2C1. The average molecular weight is 233 g/mol. The molecule has 2 aliphatic rings. The summed E-state index contributed by atoms with van der Waals surface area (Å²) in [5, 5.41) is 0. The van der Waals surface area contributed by atoms with Crippen molar-refractivity contribution in [3.05, 3.63) is 11.6 Å². The molecule has 17 heavy (non-hydrogen) atoms. The molecule has 1 nitrogen and oxygen atoms in total. The Labute approximate surface area is 108 Å². The van der Waals surface area contributed by atoms with Gasteiger partial charge in [-0.25, -0.2) is 0 Å². The molecule has 2 rings (SSSR count). The van der Waals surface area contributed by atoms with E-state index < -0.39 is 0 Å². The van der Waals surface area contributed by atoms with Crippen LogP contribution >= 0.6 is 0 Å². The van der Waals surface area contributed by atoms with Crippen molar-refractivity contribution in [1.82, 2.24) is 4.90 Å². The summed E-state index contributed by atoms with van der Waals surface area (Å²) in [6.45, 7) is 10.7. The van der Waals surface area contributed by atoms with Crippen LogP contribution in [0.3, 0.4) is 0 Å². The molecule has 0 aliphatic heterocycles. The van der Waals surface area contributed by atoms with Gasteiger partial charge in [0.2, 0.25) is 0 Å². The first-order valence-corrected chi connectivity index (χ1v) is 7.43. The number of nitrogens with zero attached hydrogens (tertiary/aromatic N) is 1. The van der Waals surface area contributed by atoms with Gasteiger partial charge in [0.05, 0.1) is 0 Å². The molecular weight excluding hydrogens is 205 g/mol. The van der Waals surface area contributed by atoms with Crippen LogP contribution < -0.4 is 0 Å². The highest BCUT2D eigenvalue weighted by Gasteiger charge is 2.38. The van der Waals surface area contributed by atoms with Gasteiger partial charge in [0.1, 0.15) is 7.85 Å². The molecule has 2 aliphatic carbocycles. The average Bonchev–Trinajstić information content (AvgIpc) is 3.02. The Hall–Kier alpha value is -0.235. The number of hydrogen-bond acceptors (Lipinski definition) is 1. The van der Waals surface area contributed by atoms with Crippen LogP contribution in [0.2, 0.25) is 0 Å². The van der Waals surface area contributed by atoms with Crippen LogP contribution in [0.5, 0.6) is 0 Å². The highest BCUT2D eigenvalue weighted by atomic mass is 15.2. The zero-order valence-corrected chi connectivity index (χ0v) is 12.2. The van der Waals surface area contributed by atoms with Crippen LogP contribution in [0.15, 0.2) is 11.6 Å². The van der Waals surface area contributed by atoms with Gasteiger partial charge in [0.15, 0.2) is 0 Å². The Kier molecular flexibility index (Phi) is 4.02. The topological polar surface area (TPSA) is 3.24 Å². The summed E-state index contributed by atoms with van der Waals surface area (Å²) in [7, 11) is 2.42. The molecule has 0 N–H and O–H groups in total. The molecule has 1 fully saturated rings. The van der Waals surface area contributed by atoms with Gasteiger partial charge in [-0.1, -0.05) is 39.3 Å². The summed E-state index contributed by atoms with van der Waals surface area (Å²) in [6.07, 6.45) is 6.66. The zero-order valence-electron chi connectivity index (χ0n) is 12.2. The zero-order chi connectivity index (χ0) is 12.6. The number of allylic oxidation sites excluding steroid dienone is 1. The van der Waals surface area contributed by atoms with Gasteiger partial charge in [-0.05, 0) is 43.0 Å². The fraction of sp³-hybridized carbons (Fsp3) is 0.867. The monoisotopic (exact) mass is 233 g/mol. The first-order chi connectivity index (χ1) is 7.99. The van der Waals surface area contributed by atoms with Crippen molar-refractivity contribution in [1.29, 1.82) is 0 Å². The molecule has 0 radical (unpaired) electrons. The summed E-state index contributed by atoms with van der Waals surface area (Å²) in [4.78, 5) is 2.79. The van der Waals surface area contributed by atoms with Crippen LogP contribution in [0.1, 0.15) is 47.0 Å². The minimum Gasteiger partial charge on any atom is -0.305 e. The van der Waals surface area contributed by atoms with Crippen molar-refractivity contribution in [2.24, 2.45) is 17.8 Å². The molecule has 1 saturated carbocycles. The highest BCUT2D eigenvalue weighted by Crippen LogP contribution is 2.46. The third-order valence-corrected chi connectivity index (χ3v) is 4.59. The second-order valence-electron chi connectivity index (χ2n) is 6.88. The minimum absolute atomic E-state index is 0.719. The second kappa shape index (κ2) is 5.18. The van der Waals surface area contributed by atoms with Gasteiger partial charge in [0, 0.05) is 12.6 Å². The molecule has 3 unspecified atom stereocenters. The summed E-state index contributed by atoms with van der Waals surface area (Å²) in [6, 6.07) is 0.811. The molecule has 0 saturated heterocycles. The maximum Gasteiger partial charge on any atom is 0.124 e. The van der Waals surface area contributed by atoms with Crippen molar-refractivity contribution in [2.75, 3.05) is 6.54 Å². The van der Waals surface area contributed by atoms with E-state index in [-0.39, 0.29) is 0 Å². The fourth-order valence-electron chi connectivity index (χ4n) is 3.15. The van der Waals surface area contributed by atoms with Crippen molar-refractivity contribution in [3.8, 4) is 0 Å². The molecule has 0 spiro atoms. The van der Waals surface area contributed by atoms with Gasteiger partial charge in [-0.3, -0.25) is 0 Å². The lowest BCUT2D eigenvalue weighted by Gasteiger charge is -2.40. The van der Waals surface area contributed by atoms with Crippen molar-refractivity contribution >= 4 is 7.85 Å². The van der Waals surface area contributed by atoms with Crippen LogP contribution in [-0.4, -0.2) is 31.3 Å². The Morgan fingerprint density at radius 1 is 1.35 bits per heavy atom. The molecule has 3 atom stereocenters. The van der Waals surface area contributed by atoms with E-state index in [1.807, 2.05) is 0 Å². The second-order valence-corrected chi connectivity index (χ2v) is 6.88. The van der Waals surface area contributed by atoms with E-state index in [0.29, 0.717) is 0 Å². The highest BCUT2D eigenvalue weighted by molar-refractivity contribution is 6.11. The van der Waals surface area contributed by atoms with Gasteiger partial charge in [0.25, 0.3) is 0 Å². The third kappa shape index (κ3) is 3.16. The van der Waals surface area contributed by atoms with Crippen LogP contribution in [0.25, 0.3) is 0 Å². The number of rotatable bonds is 5. The van der Waals surface area contributed by atoms with E-state index >= 15 is 0 Å². The number of fused-ring (bicyclic) bond motifs is 1. The lowest BCUT2D eigenvalue weighted by atomic mass is 9.81. The lowest BCUT2D eigenvalue weighted by Crippen LogP contribution is -2.48. The third-order valence-electron chi connectivity index (χ3n) is 4.59. The van der Waals surface area contributed by atoms with E-state index in [4.69, 9.17) is 0 Å². The van der Waals surface area contributed by atoms with Crippen LogP contribution in [0.4, 0.5) is 0 Å². The van der Waals surface area contributed by atoms with Gasteiger partial charge in [-0.15, -0.1) is 0 Å². The standard InChI is InChI=1S/C15H28BN/c1-10(2)9-17(15(16)11(3)4)14-6-5-12-7-13(12)8-14/h5,10-11,13-15H,6-9,16H2,1-4H3. The Bertz CT molecular complexity index is 295. The summed E-state index contributed by atoms with van der Waals surface area (Å²) < 4.78 is 0. The smallest absolute Gasteiger partial charge is 0.124 e. The van der Waals surface area contributed by atoms with E-state index in [0.717, 1.165) is 29.7 Å². The number of hydrogen-bond donors (Lipinski definition) is 0. The van der Waals surface area contributed by atoms with Gasteiger partial charge in [-0.2, -0.15) is 0 Å². The van der Waals surface area contributed by atoms with Crippen LogP contribution in [0, 0.1) is 17.8 Å². The summed E-state index contributed by atoms with van der Waals surface area (Å²) >= 11 is 0. The van der Waals surface area contributed by atoms with Crippen LogP contribution in [-0.2, 0) is 0 Å². The largest absolute Gasteiger partial charge is 0.305 e. The predicted octanol–water partition coefficient (Wildman–Crippen LogP) is 2.67. The Morgan fingerprint density at radius 3 is 2.59 bits per heavy atom. The fourth-order valence-corrected chi connectivity index (χ4v) is 3.15. The lowest BCUT2D eigenvalue weighted by molar-refractivity contribution is 0.121. The predicted molar refractivity (Wildman–Crippen MR) is 77.9 cm³/mol. The first-order valence-electron chi connectivity index (χ1n) is 7.43. The molecule has 0 aromatic rings. The van der Waals surface area contributed by atoms with Crippen molar-refractivity contribution in [3.63, 3.8) is 0 Å². The quantitative estimate of drug-likeness (QED) is 0.521. The molecule has 0 aromatic heterocycles. The van der Waals surface area contributed by atoms with Crippen molar-refractivity contribution < 1.29 is 0 Å². The molecular formula is C15H28BN. The van der Waals surface area contributed by atoms with Crippen molar-refractivity contribution in [2.45, 2.75) is 58.9 Å². The maximum absolute atomic E-state index is 2.79. The molecule has 0 bridgehead atoms. The van der Waals surface area contributed by atoms with Gasteiger partial charge < -0.3 is 4.90 Å². The normalized spacial score (nSPS) is 29.5. The van der Waals surface area contributed by atoms with E-state index in [9.17, 15) is 0 Å². The van der Waals surface area contributed by atoms with E-state index in [2.05, 4.69) is 46.5 Å². The van der Waals surface area contributed by atoms with E-state index in [1.54, 1.807) is 5.57 Å². The molecule has 0 amide bonds. The first kappa shape index (κ1) is 13.2. The maximum atomic E-state index is 2.79. The molecule has 0 heterocycles. The summed E-state index contributed by atoms with van der Waals surface area (Å²) in [5.74, 6) is 3.22.